The number of carbonyl (C=O) groups excluding carboxylic acids is 1. The standard InChI is InChI=1S/C19H31N5O3S/c1-20-18(25)14-16-8-11-24(12-9-16)19(21-2)22-10-13-28(26,27)23-15-17-6-4-3-5-7-17/h3-7,16,23H,8-15H2,1-2H3,(H,20,25)(H,21,22). The number of rotatable bonds is 8. The van der Waals surface area contributed by atoms with Crippen molar-refractivity contribution in [2.24, 2.45) is 10.9 Å². The summed E-state index contributed by atoms with van der Waals surface area (Å²) in [4.78, 5) is 17.9. The lowest BCUT2D eigenvalue weighted by atomic mass is 9.93. The quantitative estimate of drug-likeness (QED) is 0.429. The Bertz CT molecular complexity index is 744. The summed E-state index contributed by atoms with van der Waals surface area (Å²) in [5.41, 5.74) is 0.925. The van der Waals surface area contributed by atoms with Crippen molar-refractivity contribution >= 4 is 21.9 Å². The molecule has 1 aromatic rings. The zero-order valence-electron chi connectivity index (χ0n) is 16.6. The third-order valence-corrected chi connectivity index (χ3v) is 6.20. The van der Waals surface area contributed by atoms with Gasteiger partial charge < -0.3 is 15.5 Å². The van der Waals surface area contributed by atoms with E-state index in [-0.39, 0.29) is 24.7 Å². The summed E-state index contributed by atoms with van der Waals surface area (Å²) < 4.78 is 27.0. The molecule has 0 radical (unpaired) electrons. The van der Waals surface area contributed by atoms with Crippen LogP contribution in [0.1, 0.15) is 24.8 Å². The number of benzene rings is 1. The molecule has 9 heteroatoms. The van der Waals surface area contributed by atoms with Gasteiger partial charge in [-0.15, -0.1) is 0 Å². The van der Waals surface area contributed by atoms with Crippen LogP contribution in [0.2, 0.25) is 0 Å². The Morgan fingerprint density at radius 1 is 1.21 bits per heavy atom. The molecule has 0 saturated carbocycles. The molecule has 1 amide bonds. The minimum absolute atomic E-state index is 0.0218. The highest BCUT2D eigenvalue weighted by molar-refractivity contribution is 7.89. The van der Waals surface area contributed by atoms with Crippen LogP contribution in [0.5, 0.6) is 0 Å². The molecule has 0 spiro atoms. The predicted molar refractivity (Wildman–Crippen MR) is 111 cm³/mol. The monoisotopic (exact) mass is 409 g/mol. The van der Waals surface area contributed by atoms with E-state index >= 15 is 0 Å². The number of aliphatic imine (C=N–C) groups is 1. The molecule has 1 aliphatic rings. The zero-order valence-corrected chi connectivity index (χ0v) is 17.5. The maximum Gasteiger partial charge on any atom is 0.220 e. The summed E-state index contributed by atoms with van der Waals surface area (Å²) in [6.07, 6.45) is 2.40. The molecule has 1 aromatic carbocycles. The number of carbonyl (C=O) groups is 1. The van der Waals surface area contributed by atoms with Crippen molar-refractivity contribution in [3.05, 3.63) is 35.9 Å². The number of sulfonamides is 1. The lowest BCUT2D eigenvalue weighted by Gasteiger charge is -2.34. The fraction of sp³-hybridized carbons (Fsp3) is 0.579. The second-order valence-corrected chi connectivity index (χ2v) is 8.83. The zero-order chi connectivity index (χ0) is 20.4. The van der Waals surface area contributed by atoms with Gasteiger partial charge in [-0.3, -0.25) is 9.79 Å². The molecule has 0 bridgehead atoms. The van der Waals surface area contributed by atoms with Crippen LogP contribution in [0, 0.1) is 5.92 Å². The van der Waals surface area contributed by atoms with E-state index in [4.69, 9.17) is 0 Å². The minimum Gasteiger partial charge on any atom is -0.359 e. The van der Waals surface area contributed by atoms with Gasteiger partial charge >= 0.3 is 0 Å². The fourth-order valence-corrected chi connectivity index (χ4v) is 4.11. The molecule has 3 N–H and O–H groups in total. The molecule has 2 rings (SSSR count). The highest BCUT2D eigenvalue weighted by Crippen LogP contribution is 2.20. The summed E-state index contributed by atoms with van der Waals surface area (Å²) in [6, 6.07) is 9.43. The third kappa shape index (κ3) is 7.47. The fourth-order valence-electron chi connectivity index (χ4n) is 3.20. The van der Waals surface area contributed by atoms with Crippen molar-refractivity contribution in [2.45, 2.75) is 25.8 Å². The van der Waals surface area contributed by atoms with Crippen molar-refractivity contribution < 1.29 is 13.2 Å². The molecule has 1 saturated heterocycles. The molecule has 28 heavy (non-hydrogen) atoms. The van der Waals surface area contributed by atoms with Crippen LogP contribution in [0.3, 0.4) is 0 Å². The topological polar surface area (TPSA) is 103 Å². The normalized spacial score (nSPS) is 16.1. The van der Waals surface area contributed by atoms with E-state index in [0.29, 0.717) is 18.3 Å². The van der Waals surface area contributed by atoms with E-state index in [0.717, 1.165) is 31.5 Å². The number of hydrogen-bond acceptors (Lipinski definition) is 4. The Hall–Kier alpha value is -2.13. The molecular formula is C19H31N5O3S. The van der Waals surface area contributed by atoms with Crippen LogP contribution >= 0.6 is 0 Å². The second kappa shape index (κ2) is 11.0. The van der Waals surface area contributed by atoms with E-state index < -0.39 is 10.0 Å². The summed E-state index contributed by atoms with van der Waals surface area (Å²) in [5, 5.41) is 5.81. The maximum absolute atomic E-state index is 12.2. The molecule has 156 valence electrons. The molecule has 0 aliphatic carbocycles. The first kappa shape index (κ1) is 22.2. The number of guanidine groups is 1. The van der Waals surface area contributed by atoms with Gasteiger partial charge in [0.25, 0.3) is 0 Å². The van der Waals surface area contributed by atoms with Crippen molar-refractivity contribution in [3.8, 4) is 0 Å². The number of piperidine rings is 1. The molecule has 1 fully saturated rings. The van der Waals surface area contributed by atoms with Gasteiger partial charge in [0, 0.05) is 46.7 Å². The first-order chi connectivity index (χ1) is 13.4. The van der Waals surface area contributed by atoms with Crippen LogP contribution in [-0.2, 0) is 21.4 Å². The minimum atomic E-state index is -3.37. The molecule has 1 heterocycles. The predicted octanol–water partition coefficient (Wildman–Crippen LogP) is 0.530. The van der Waals surface area contributed by atoms with Crippen LogP contribution in [0.15, 0.2) is 35.3 Å². The van der Waals surface area contributed by atoms with Crippen molar-refractivity contribution in [1.82, 2.24) is 20.3 Å². The van der Waals surface area contributed by atoms with Gasteiger partial charge in [0.05, 0.1) is 5.75 Å². The van der Waals surface area contributed by atoms with E-state index in [2.05, 4.69) is 25.2 Å². The van der Waals surface area contributed by atoms with Crippen molar-refractivity contribution in [2.75, 3.05) is 39.5 Å². The van der Waals surface area contributed by atoms with Crippen LogP contribution in [-0.4, -0.2) is 64.7 Å². The lowest BCUT2D eigenvalue weighted by molar-refractivity contribution is -0.121. The maximum atomic E-state index is 12.2. The lowest BCUT2D eigenvalue weighted by Crippen LogP contribution is -2.47. The number of hydrogen-bond donors (Lipinski definition) is 3. The molecular weight excluding hydrogens is 378 g/mol. The molecule has 0 unspecified atom stereocenters. The van der Waals surface area contributed by atoms with Gasteiger partial charge in [-0.05, 0) is 24.3 Å². The van der Waals surface area contributed by atoms with Gasteiger partial charge in [-0.25, -0.2) is 13.1 Å². The van der Waals surface area contributed by atoms with Crippen molar-refractivity contribution in [3.63, 3.8) is 0 Å². The highest BCUT2D eigenvalue weighted by Gasteiger charge is 2.23. The molecule has 1 aliphatic heterocycles. The Kier molecular flexibility index (Phi) is 8.72. The number of likely N-dealkylation sites (tertiary alicyclic amines) is 1. The van der Waals surface area contributed by atoms with Crippen LogP contribution in [0.4, 0.5) is 0 Å². The van der Waals surface area contributed by atoms with Gasteiger partial charge in [-0.2, -0.15) is 0 Å². The van der Waals surface area contributed by atoms with E-state index in [1.165, 1.54) is 0 Å². The van der Waals surface area contributed by atoms with Gasteiger partial charge in [-0.1, -0.05) is 30.3 Å². The highest BCUT2D eigenvalue weighted by atomic mass is 32.2. The largest absolute Gasteiger partial charge is 0.359 e. The number of nitrogens with zero attached hydrogens (tertiary/aromatic N) is 2. The van der Waals surface area contributed by atoms with Gasteiger partial charge in [0.2, 0.25) is 15.9 Å². The average molecular weight is 410 g/mol. The van der Waals surface area contributed by atoms with E-state index in [1.807, 2.05) is 30.3 Å². The molecule has 0 aromatic heterocycles. The van der Waals surface area contributed by atoms with Crippen molar-refractivity contribution in [1.29, 1.82) is 0 Å². The second-order valence-electron chi connectivity index (χ2n) is 6.91. The summed E-state index contributed by atoms with van der Waals surface area (Å²) >= 11 is 0. The van der Waals surface area contributed by atoms with Crippen LogP contribution in [0.25, 0.3) is 0 Å². The Morgan fingerprint density at radius 2 is 1.89 bits per heavy atom. The Balaban J connectivity index is 1.72. The first-order valence-corrected chi connectivity index (χ1v) is 11.3. The summed E-state index contributed by atoms with van der Waals surface area (Å²) in [6.45, 7) is 2.19. The molecule has 0 atom stereocenters. The Morgan fingerprint density at radius 3 is 2.50 bits per heavy atom. The number of amides is 1. The van der Waals surface area contributed by atoms with E-state index in [9.17, 15) is 13.2 Å². The average Bonchev–Trinajstić information content (AvgIpc) is 2.71. The summed E-state index contributed by atoms with van der Waals surface area (Å²) in [5.74, 6) is 1.15. The van der Waals surface area contributed by atoms with Gasteiger partial charge in [0.15, 0.2) is 5.96 Å². The smallest absolute Gasteiger partial charge is 0.220 e. The van der Waals surface area contributed by atoms with Crippen LogP contribution < -0.4 is 15.4 Å². The van der Waals surface area contributed by atoms with E-state index in [1.54, 1.807) is 14.1 Å². The first-order valence-electron chi connectivity index (χ1n) is 9.61. The summed E-state index contributed by atoms with van der Waals surface area (Å²) in [7, 11) is -0.0158. The number of nitrogens with one attached hydrogen (secondary N) is 3. The third-order valence-electron chi connectivity index (χ3n) is 4.87. The SMILES string of the molecule is CN=C(NCCS(=O)(=O)NCc1ccccc1)N1CCC(CC(=O)NC)CC1. The Labute approximate surface area is 167 Å². The van der Waals surface area contributed by atoms with Gasteiger partial charge in [0.1, 0.15) is 0 Å². The molecule has 8 nitrogen and oxygen atoms in total.